The van der Waals surface area contributed by atoms with Crippen molar-refractivity contribution < 1.29 is 13.9 Å². The number of nitrogens with zero attached hydrogens (tertiary/aromatic N) is 3. The zero-order valence-corrected chi connectivity index (χ0v) is 15.9. The van der Waals surface area contributed by atoms with Crippen LogP contribution >= 0.6 is 0 Å². The fraction of sp³-hybridized carbons (Fsp3) is 0.318. The monoisotopic (exact) mass is 377 g/mol. The molecule has 1 saturated carbocycles. The zero-order valence-electron chi connectivity index (χ0n) is 15.9. The highest BCUT2D eigenvalue weighted by Gasteiger charge is 2.32. The quantitative estimate of drug-likeness (QED) is 0.596. The first-order chi connectivity index (χ1) is 13.7. The molecule has 1 fully saturated rings. The lowest BCUT2D eigenvalue weighted by Gasteiger charge is -2.22. The second kappa shape index (κ2) is 8.25. The molecular formula is C22H23N3O3. The van der Waals surface area contributed by atoms with E-state index in [2.05, 4.69) is 9.97 Å². The summed E-state index contributed by atoms with van der Waals surface area (Å²) < 4.78 is 11.0. The van der Waals surface area contributed by atoms with Crippen LogP contribution in [0.15, 0.2) is 59.4 Å². The van der Waals surface area contributed by atoms with Crippen molar-refractivity contribution in [3.8, 4) is 17.1 Å². The van der Waals surface area contributed by atoms with Gasteiger partial charge in [0.25, 0.3) is 0 Å². The van der Waals surface area contributed by atoms with E-state index in [1.807, 2.05) is 47.5 Å². The molecule has 6 heteroatoms. The predicted octanol–water partition coefficient (Wildman–Crippen LogP) is 3.87. The number of carbonyl (C=O) groups is 1. The van der Waals surface area contributed by atoms with Crippen molar-refractivity contribution in [1.82, 2.24) is 14.9 Å². The second-order valence-corrected chi connectivity index (χ2v) is 6.96. The molecule has 0 N–H and O–H groups in total. The number of oxazole rings is 1. The van der Waals surface area contributed by atoms with E-state index in [-0.39, 0.29) is 5.91 Å². The summed E-state index contributed by atoms with van der Waals surface area (Å²) in [6.45, 7) is 0.611. The number of carbonyl (C=O) groups excluding carboxylic acids is 1. The number of ether oxygens (including phenoxy) is 1. The Labute approximate surface area is 164 Å². The average Bonchev–Trinajstić information content (AvgIpc) is 3.48. The summed E-state index contributed by atoms with van der Waals surface area (Å²) in [4.78, 5) is 23.2. The molecule has 0 saturated heterocycles. The standard InChI is InChI=1S/C22H23N3O3/c1-27-19-8-4-17(5-9-19)20-14-24-21(28-20)10-11-22(26)25(18-6-7-18)15-16-3-2-12-23-13-16/h2-5,8-9,12-14,18H,6-7,10-11,15H2,1H3. The van der Waals surface area contributed by atoms with Gasteiger partial charge < -0.3 is 14.1 Å². The Morgan fingerprint density at radius 3 is 2.71 bits per heavy atom. The van der Waals surface area contributed by atoms with Crippen molar-refractivity contribution >= 4 is 5.91 Å². The fourth-order valence-electron chi connectivity index (χ4n) is 3.17. The van der Waals surface area contributed by atoms with E-state index in [0.29, 0.717) is 37.1 Å². The molecule has 144 valence electrons. The van der Waals surface area contributed by atoms with E-state index in [1.165, 1.54) is 0 Å². The average molecular weight is 377 g/mol. The molecule has 1 amide bonds. The number of rotatable bonds is 8. The van der Waals surface area contributed by atoms with Gasteiger partial charge in [-0.25, -0.2) is 4.98 Å². The number of aryl methyl sites for hydroxylation is 1. The van der Waals surface area contributed by atoms with Crippen LogP contribution in [0.4, 0.5) is 0 Å². The highest BCUT2D eigenvalue weighted by Crippen LogP contribution is 2.29. The summed E-state index contributed by atoms with van der Waals surface area (Å²) in [6, 6.07) is 11.9. The van der Waals surface area contributed by atoms with E-state index < -0.39 is 0 Å². The van der Waals surface area contributed by atoms with Gasteiger partial charge in [0.15, 0.2) is 11.7 Å². The Kier molecular flexibility index (Phi) is 5.37. The molecule has 0 aliphatic heterocycles. The lowest BCUT2D eigenvalue weighted by atomic mass is 10.2. The van der Waals surface area contributed by atoms with Crippen molar-refractivity contribution in [2.24, 2.45) is 0 Å². The van der Waals surface area contributed by atoms with E-state index in [4.69, 9.17) is 9.15 Å². The number of benzene rings is 1. The zero-order chi connectivity index (χ0) is 19.3. The number of hydrogen-bond donors (Lipinski definition) is 0. The highest BCUT2D eigenvalue weighted by atomic mass is 16.5. The van der Waals surface area contributed by atoms with Crippen LogP contribution in [0.1, 0.15) is 30.7 Å². The minimum Gasteiger partial charge on any atom is -0.497 e. The van der Waals surface area contributed by atoms with E-state index in [9.17, 15) is 4.79 Å². The second-order valence-electron chi connectivity index (χ2n) is 6.96. The van der Waals surface area contributed by atoms with Crippen LogP contribution in [0.2, 0.25) is 0 Å². The minimum atomic E-state index is 0.135. The largest absolute Gasteiger partial charge is 0.497 e. The van der Waals surface area contributed by atoms with Crippen LogP contribution in [-0.2, 0) is 17.8 Å². The SMILES string of the molecule is COc1ccc(-c2cnc(CCC(=O)N(Cc3cccnc3)C3CC3)o2)cc1. The third kappa shape index (κ3) is 4.39. The maximum atomic E-state index is 12.8. The number of pyridine rings is 1. The van der Waals surface area contributed by atoms with Gasteiger partial charge in [-0.2, -0.15) is 0 Å². The normalized spacial score (nSPS) is 13.3. The minimum absolute atomic E-state index is 0.135. The fourth-order valence-corrected chi connectivity index (χ4v) is 3.17. The van der Waals surface area contributed by atoms with Gasteiger partial charge >= 0.3 is 0 Å². The van der Waals surface area contributed by atoms with Crippen LogP contribution in [0.25, 0.3) is 11.3 Å². The predicted molar refractivity (Wildman–Crippen MR) is 105 cm³/mol. The van der Waals surface area contributed by atoms with E-state index in [1.54, 1.807) is 19.5 Å². The van der Waals surface area contributed by atoms with Crippen molar-refractivity contribution in [3.63, 3.8) is 0 Å². The Bertz CT molecular complexity index is 918. The van der Waals surface area contributed by atoms with Crippen molar-refractivity contribution in [2.45, 2.75) is 38.3 Å². The summed E-state index contributed by atoms with van der Waals surface area (Å²) in [5.41, 5.74) is 1.99. The molecule has 2 heterocycles. The van der Waals surface area contributed by atoms with Crippen molar-refractivity contribution in [3.05, 3.63) is 66.4 Å². The smallest absolute Gasteiger partial charge is 0.223 e. The van der Waals surface area contributed by atoms with Gasteiger partial charge in [0.05, 0.1) is 13.3 Å². The molecule has 0 spiro atoms. The molecule has 0 unspecified atom stereocenters. The van der Waals surface area contributed by atoms with Gasteiger partial charge in [0.2, 0.25) is 5.91 Å². The van der Waals surface area contributed by atoms with Crippen LogP contribution in [-0.4, -0.2) is 33.9 Å². The van der Waals surface area contributed by atoms with Gasteiger partial charge in [-0.1, -0.05) is 6.07 Å². The summed E-state index contributed by atoms with van der Waals surface area (Å²) in [5.74, 6) is 2.20. The van der Waals surface area contributed by atoms with Gasteiger partial charge in [0, 0.05) is 43.4 Å². The molecule has 1 aliphatic carbocycles. The molecule has 2 aromatic heterocycles. The molecule has 0 radical (unpaired) electrons. The number of methoxy groups -OCH3 is 1. The molecule has 1 aliphatic rings. The van der Waals surface area contributed by atoms with Crippen molar-refractivity contribution in [2.75, 3.05) is 7.11 Å². The highest BCUT2D eigenvalue weighted by molar-refractivity contribution is 5.77. The first-order valence-corrected chi connectivity index (χ1v) is 9.50. The van der Waals surface area contributed by atoms with Crippen molar-refractivity contribution in [1.29, 1.82) is 0 Å². The summed E-state index contributed by atoms with van der Waals surface area (Å²) in [7, 11) is 1.64. The Balaban J connectivity index is 1.36. The maximum absolute atomic E-state index is 12.8. The summed E-state index contributed by atoms with van der Waals surface area (Å²) in [5, 5.41) is 0. The van der Waals surface area contributed by atoms with Gasteiger partial charge in [0.1, 0.15) is 5.75 Å². The number of amides is 1. The molecule has 1 aromatic carbocycles. The topological polar surface area (TPSA) is 68.5 Å². The maximum Gasteiger partial charge on any atom is 0.223 e. The lowest BCUT2D eigenvalue weighted by Crippen LogP contribution is -2.32. The lowest BCUT2D eigenvalue weighted by molar-refractivity contribution is -0.132. The molecule has 0 bridgehead atoms. The van der Waals surface area contributed by atoms with Crippen LogP contribution < -0.4 is 4.74 Å². The van der Waals surface area contributed by atoms with E-state index >= 15 is 0 Å². The molecular weight excluding hydrogens is 354 g/mol. The summed E-state index contributed by atoms with van der Waals surface area (Å²) >= 11 is 0. The van der Waals surface area contributed by atoms with Crippen LogP contribution in [0, 0.1) is 0 Å². The number of hydrogen-bond acceptors (Lipinski definition) is 5. The third-order valence-corrected chi connectivity index (χ3v) is 4.86. The molecule has 4 rings (SSSR count). The molecule has 0 atom stereocenters. The Morgan fingerprint density at radius 1 is 1.21 bits per heavy atom. The number of aromatic nitrogens is 2. The first-order valence-electron chi connectivity index (χ1n) is 9.50. The Morgan fingerprint density at radius 2 is 2.04 bits per heavy atom. The first kappa shape index (κ1) is 18.2. The molecule has 6 nitrogen and oxygen atoms in total. The van der Waals surface area contributed by atoms with Gasteiger partial charge in [-0.05, 0) is 48.7 Å². The molecule has 28 heavy (non-hydrogen) atoms. The van der Waals surface area contributed by atoms with E-state index in [0.717, 1.165) is 29.7 Å². The third-order valence-electron chi connectivity index (χ3n) is 4.86. The van der Waals surface area contributed by atoms with Crippen LogP contribution in [0.5, 0.6) is 5.75 Å². The molecule has 3 aromatic rings. The Hall–Kier alpha value is -3.15. The summed E-state index contributed by atoms with van der Waals surface area (Å²) in [6.07, 6.45) is 8.30. The van der Waals surface area contributed by atoms with Crippen LogP contribution in [0.3, 0.4) is 0 Å². The van der Waals surface area contributed by atoms with Gasteiger partial charge in [-0.3, -0.25) is 9.78 Å². The van der Waals surface area contributed by atoms with Gasteiger partial charge in [-0.15, -0.1) is 0 Å².